The predicted octanol–water partition coefficient (Wildman–Crippen LogP) is 3.72. The zero-order valence-electron chi connectivity index (χ0n) is 11.5. The minimum absolute atomic E-state index is 0.0981. The lowest BCUT2D eigenvalue weighted by Gasteiger charge is -2.20. The first-order chi connectivity index (χ1) is 9.15. The molecule has 0 bridgehead atoms. The van der Waals surface area contributed by atoms with Crippen LogP contribution < -0.4 is 5.32 Å². The van der Waals surface area contributed by atoms with Crippen LogP contribution in [0.2, 0.25) is 0 Å². The summed E-state index contributed by atoms with van der Waals surface area (Å²) in [5, 5.41) is 2.22. The van der Waals surface area contributed by atoms with E-state index in [1.54, 1.807) is 20.8 Å². The standard InChI is InChI=1S/C13H15BrFNO4/c1-13(2,3)20-12(18)16-10-7(11(17)19-4)5-6-8(14)9(10)15/h5-6H,1-4H3,(H,16,18). The first-order valence-corrected chi connectivity index (χ1v) is 6.51. The Labute approximate surface area is 124 Å². The molecule has 1 rings (SSSR count). The molecule has 1 aromatic rings. The fourth-order valence-electron chi connectivity index (χ4n) is 1.36. The number of halogens is 2. The number of anilines is 1. The number of rotatable bonds is 2. The Kier molecular flexibility index (Phi) is 5.10. The number of nitrogens with one attached hydrogen (secondary N) is 1. The van der Waals surface area contributed by atoms with Gasteiger partial charge in [0.25, 0.3) is 0 Å². The Morgan fingerprint density at radius 2 is 1.90 bits per heavy atom. The molecule has 0 saturated heterocycles. The average molecular weight is 348 g/mol. The normalized spacial score (nSPS) is 10.9. The molecule has 20 heavy (non-hydrogen) atoms. The van der Waals surface area contributed by atoms with E-state index in [4.69, 9.17) is 4.74 Å². The molecule has 0 unspecified atom stereocenters. The van der Waals surface area contributed by atoms with Crippen LogP contribution in [0.15, 0.2) is 16.6 Å². The van der Waals surface area contributed by atoms with Crippen LogP contribution in [0.1, 0.15) is 31.1 Å². The molecule has 0 aromatic heterocycles. The van der Waals surface area contributed by atoms with E-state index < -0.39 is 23.5 Å². The molecule has 0 heterocycles. The Hall–Kier alpha value is -1.63. The lowest BCUT2D eigenvalue weighted by Crippen LogP contribution is -2.28. The molecule has 0 spiro atoms. The minimum Gasteiger partial charge on any atom is -0.465 e. The second kappa shape index (κ2) is 6.21. The van der Waals surface area contributed by atoms with E-state index in [2.05, 4.69) is 26.0 Å². The van der Waals surface area contributed by atoms with E-state index in [9.17, 15) is 14.0 Å². The smallest absolute Gasteiger partial charge is 0.412 e. The van der Waals surface area contributed by atoms with E-state index >= 15 is 0 Å². The number of hydrogen-bond acceptors (Lipinski definition) is 4. The van der Waals surface area contributed by atoms with Gasteiger partial charge >= 0.3 is 12.1 Å². The topological polar surface area (TPSA) is 64.6 Å². The van der Waals surface area contributed by atoms with E-state index in [0.717, 1.165) is 0 Å². The highest BCUT2D eigenvalue weighted by Gasteiger charge is 2.23. The predicted molar refractivity (Wildman–Crippen MR) is 75.3 cm³/mol. The third-order valence-corrected chi connectivity index (χ3v) is 2.74. The lowest BCUT2D eigenvalue weighted by molar-refractivity contribution is 0.0601. The third-order valence-electron chi connectivity index (χ3n) is 2.13. The number of carbonyl (C=O) groups is 2. The van der Waals surface area contributed by atoms with Gasteiger partial charge in [-0.25, -0.2) is 14.0 Å². The second-order valence-electron chi connectivity index (χ2n) is 4.90. The summed E-state index contributed by atoms with van der Waals surface area (Å²) in [6, 6.07) is 2.69. The highest BCUT2D eigenvalue weighted by molar-refractivity contribution is 9.10. The summed E-state index contributed by atoms with van der Waals surface area (Å²) in [7, 11) is 1.17. The van der Waals surface area contributed by atoms with Gasteiger partial charge in [0.1, 0.15) is 5.60 Å². The number of benzene rings is 1. The maximum absolute atomic E-state index is 14.0. The van der Waals surface area contributed by atoms with Gasteiger partial charge in [-0.3, -0.25) is 5.32 Å². The van der Waals surface area contributed by atoms with Crippen LogP contribution in [0.5, 0.6) is 0 Å². The third kappa shape index (κ3) is 4.19. The summed E-state index contributed by atoms with van der Waals surface area (Å²) in [4.78, 5) is 23.3. The highest BCUT2D eigenvalue weighted by Crippen LogP contribution is 2.28. The molecular formula is C13H15BrFNO4. The van der Waals surface area contributed by atoms with Gasteiger partial charge in [0.2, 0.25) is 0 Å². The highest BCUT2D eigenvalue weighted by atomic mass is 79.9. The van der Waals surface area contributed by atoms with Crippen molar-refractivity contribution >= 4 is 33.7 Å². The Morgan fingerprint density at radius 3 is 2.40 bits per heavy atom. The fraction of sp³-hybridized carbons (Fsp3) is 0.385. The van der Waals surface area contributed by atoms with Crippen molar-refractivity contribution in [2.45, 2.75) is 26.4 Å². The lowest BCUT2D eigenvalue weighted by atomic mass is 10.1. The average Bonchev–Trinajstić information content (AvgIpc) is 2.32. The molecule has 0 aliphatic heterocycles. The van der Waals surface area contributed by atoms with Crippen LogP contribution in [0.3, 0.4) is 0 Å². The van der Waals surface area contributed by atoms with Gasteiger partial charge in [0, 0.05) is 0 Å². The van der Waals surface area contributed by atoms with Crippen LogP contribution in [0, 0.1) is 5.82 Å². The first kappa shape index (κ1) is 16.4. The van der Waals surface area contributed by atoms with E-state index in [-0.39, 0.29) is 15.7 Å². The quantitative estimate of drug-likeness (QED) is 0.828. The number of hydrogen-bond donors (Lipinski definition) is 1. The van der Waals surface area contributed by atoms with Gasteiger partial charge in [-0.2, -0.15) is 0 Å². The summed E-state index contributed by atoms with van der Waals surface area (Å²) < 4.78 is 23.7. The van der Waals surface area contributed by atoms with Gasteiger partial charge in [-0.15, -0.1) is 0 Å². The van der Waals surface area contributed by atoms with Gasteiger partial charge in [-0.05, 0) is 48.8 Å². The monoisotopic (exact) mass is 347 g/mol. The van der Waals surface area contributed by atoms with Crippen molar-refractivity contribution in [2.75, 3.05) is 12.4 Å². The number of amides is 1. The number of ether oxygens (including phenoxy) is 2. The van der Waals surface area contributed by atoms with Gasteiger partial charge in [0.15, 0.2) is 5.82 Å². The van der Waals surface area contributed by atoms with Crippen molar-refractivity contribution in [3.05, 3.63) is 28.0 Å². The summed E-state index contributed by atoms with van der Waals surface area (Å²) in [6.45, 7) is 5.02. The molecular weight excluding hydrogens is 333 g/mol. The van der Waals surface area contributed by atoms with Crippen LogP contribution in [-0.2, 0) is 9.47 Å². The zero-order chi connectivity index (χ0) is 15.5. The van der Waals surface area contributed by atoms with Crippen LogP contribution in [-0.4, -0.2) is 24.8 Å². The minimum atomic E-state index is -0.861. The molecule has 0 atom stereocenters. The largest absolute Gasteiger partial charge is 0.465 e. The number of esters is 1. The summed E-state index contributed by atoms with van der Waals surface area (Å²) >= 11 is 2.98. The molecule has 5 nitrogen and oxygen atoms in total. The zero-order valence-corrected chi connectivity index (χ0v) is 13.1. The second-order valence-corrected chi connectivity index (χ2v) is 5.76. The molecule has 1 aromatic carbocycles. The van der Waals surface area contributed by atoms with Gasteiger partial charge in [-0.1, -0.05) is 0 Å². The van der Waals surface area contributed by atoms with Crippen molar-refractivity contribution in [1.29, 1.82) is 0 Å². The summed E-state index contributed by atoms with van der Waals surface area (Å²) in [6.07, 6.45) is -0.861. The fourth-order valence-corrected chi connectivity index (χ4v) is 1.69. The van der Waals surface area contributed by atoms with Crippen molar-refractivity contribution in [2.24, 2.45) is 0 Å². The molecule has 110 valence electrons. The maximum atomic E-state index is 14.0. The van der Waals surface area contributed by atoms with Crippen molar-refractivity contribution < 1.29 is 23.5 Å². The number of carbonyl (C=O) groups excluding carboxylic acids is 2. The van der Waals surface area contributed by atoms with E-state index in [1.165, 1.54) is 19.2 Å². The number of methoxy groups -OCH3 is 1. The van der Waals surface area contributed by atoms with Crippen molar-refractivity contribution in [1.82, 2.24) is 0 Å². The van der Waals surface area contributed by atoms with Gasteiger partial charge < -0.3 is 9.47 Å². The Bertz CT molecular complexity index is 540. The van der Waals surface area contributed by atoms with Gasteiger partial charge in [0.05, 0.1) is 22.8 Å². The maximum Gasteiger partial charge on any atom is 0.412 e. The molecule has 0 aliphatic rings. The Morgan fingerprint density at radius 1 is 1.30 bits per heavy atom. The summed E-state index contributed by atoms with van der Waals surface area (Å²) in [5.74, 6) is -1.54. The van der Waals surface area contributed by atoms with Crippen LogP contribution in [0.4, 0.5) is 14.9 Å². The molecule has 1 N–H and O–H groups in total. The molecule has 0 radical (unpaired) electrons. The summed E-state index contributed by atoms with van der Waals surface area (Å²) in [5.41, 5.74) is -1.13. The SMILES string of the molecule is COC(=O)c1ccc(Br)c(F)c1NC(=O)OC(C)(C)C. The molecule has 1 amide bonds. The van der Waals surface area contributed by atoms with Crippen molar-refractivity contribution in [3.8, 4) is 0 Å². The van der Waals surface area contributed by atoms with E-state index in [1.807, 2.05) is 0 Å². The van der Waals surface area contributed by atoms with Crippen LogP contribution >= 0.6 is 15.9 Å². The molecule has 0 fully saturated rings. The van der Waals surface area contributed by atoms with E-state index in [0.29, 0.717) is 0 Å². The van der Waals surface area contributed by atoms with Crippen LogP contribution in [0.25, 0.3) is 0 Å². The molecule has 0 saturated carbocycles. The van der Waals surface area contributed by atoms with Crippen molar-refractivity contribution in [3.63, 3.8) is 0 Å². The molecule has 0 aliphatic carbocycles. The Balaban J connectivity index is 3.12. The first-order valence-electron chi connectivity index (χ1n) is 5.72. The molecule has 7 heteroatoms.